The molecule has 0 saturated heterocycles. The minimum absolute atomic E-state index is 0.218. The van der Waals surface area contributed by atoms with Gasteiger partial charge in [0.05, 0.1) is 14.2 Å². The van der Waals surface area contributed by atoms with E-state index in [0.29, 0.717) is 6.61 Å². The SMILES string of the molecule is C=C(c1ccc(OC)c(C)c1)c1ccc(C)c(Br)c1.COc1ccc(C2(c3ccc(C)c(Br)c3)COC(N)=N2)cc1C. The lowest BCUT2D eigenvalue weighted by molar-refractivity contribution is 0.278. The third-order valence-electron chi connectivity index (χ3n) is 7.52. The summed E-state index contributed by atoms with van der Waals surface area (Å²) < 4.78 is 18.3. The zero-order chi connectivity index (χ0) is 30.6. The molecule has 0 aliphatic carbocycles. The Bertz CT molecular complexity index is 1660. The molecule has 42 heavy (non-hydrogen) atoms. The maximum atomic E-state index is 5.84. The van der Waals surface area contributed by atoms with Crippen LogP contribution in [0.4, 0.5) is 0 Å². The van der Waals surface area contributed by atoms with Gasteiger partial charge < -0.3 is 19.9 Å². The number of rotatable bonds is 6. The first-order valence-corrected chi connectivity index (χ1v) is 15.1. The number of nitrogens with two attached hydrogens (primary N) is 1. The normalized spacial score (nSPS) is 15.7. The standard InChI is InChI=1S/C18H19BrN2O2.C17H17BrO/c1-11-4-5-14(9-15(11)19)18(10-23-17(20)21-18)13-6-7-16(22-3)12(2)8-13;1-11-5-6-15(10-16(11)18)13(3)14-7-8-17(19-4)12(2)9-14/h4-9H,10H2,1-3H3,(H2,20,21);5-10H,3H2,1-2,4H3. The average molecular weight is 692 g/mol. The molecule has 1 aliphatic heterocycles. The number of benzene rings is 4. The van der Waals surface area contributed by atoms with Crippen molar-refractivity contribution in [3.63, 3.8) is 0 Å². The summed E-state index contributed by atoms with van der Waals surface area (Å²) in [5.74, 6) is 1.76. The van der Waals surface area contributed by atoms with Crippen molar-refractivity contribution in [1.29, 1.82) is 0 Å². The van der Waals surface area contributed by atoms with Gasteiger partial charge in [0.15, 0.2) is 5.54 Å². The van der Waals surface area contributed by atoms with E-state index >= 15 is 0 Å². The van der Waals surface area contributed by atoms with Gasteiger partial charge in [0, 0.05) is 8.95 Å². The van der Waals surface area contributed by atoms with Gasteiger partial charge in [-0.05, 0) is 114 Å². The third kappa shape index (κ3) is 6.58. The van der Waals surface area contributed by atoms with Gasteiger partial charge in [-0.2, -0.15) is 0 Å². The number of halogens is 2. The number of aliphatic imine (C=N–C) groups is 1. The Morgan fingerprint density at radius 3 is 1.76 bits per heavy atom. The molecule has 1 aliphatic rings. The Labute approximate surface area is 265 Å². The summed E-state index contributed by atoms with van der Waals surface area (Å²) in [5, 5.41) is 0. The Balaban J connectivity index is 0.000000197. The lowest BCUT2D eigenvalue weighted by Crippen LogP contribution is -2.27. The Kier molecular flexibility index (Phi) is 9.85. The van der Waals surface area contributed by atoms with Gasteiger partial charge in [-0.25, -0.2) is 4.99 Å². The molecule has 1 heterocycles. The predicted molar refractivity (Wildman–Crippen MR) is 180 cm³/mol. The van der Waals surface area contributed by atoms with Crippen LogP contribution in [0.1, 0.15) is 44.5 Å². The topological polar surface area (TPSA) is 66.1 Å². The predicted octanol–water partition coefficient (Wildman–Crippen LogP) is 8.80. The van der Waals surface area contributed by atoms with E-state index in [1.54, 1.807) is 14.2 Å². The van der Waals surface area contributed by atoms with Crippen LogP contribution in [0.5, 0.6) is 11.5 Å². The van der Waals surface area contributed by atoms with Crippen molar-refractivity contribution < 1.29 is 14.2 Å². The Morgan fingerprint density at radius 2 is 1.24 bits per heavy atom. The van der Waals surface area contributed by atoms with E-state index in [1.807, 2.05) is 38.1 Å². The molecular formula is C35H36Br2N2O3. The molecule has 1 atom stereocenters. The van der Waals surface area contributed by atoms with Crippen molar-refractivity contribution in [3.8, 4) is 11.5 Å². The van der Waals surface area contributed by atoms with Crippen LogP contribution < -0.4 is 15.2 Å². The Morgan fingerprint density at radius 1 is 0.738 bits per heavy atom. The van der Waals surface area contributed by atoms with Crippen LogP contribution in [0.2, 0.25) is 0 Å². The second-order valence-electron chi connectivity index (χ2n) is 10.4. The van der Waals surface area contributed by atoms with Gasteiger partial charge in [-0.3, -0.25) is 0 Å². The van der Waals surface area contributed by atoms with Crippen LogP contribution in [-0.2, 0) is 10.3 Å². The molecule has 0 amide bonds. The molecule has 0 fully saturated rings. The van der Waals surface area contributed by atoms with E-state index in [9.17, 15) is 0 Å². The number of amidine groups is 1. The lowest BCUT2D eigenvalue weighted by Gasteiger charge is -2.26. The van der Waals surface area contributed by atoms with Crippen LogP contribution in [-0.4, -0.2) is 26.8 Å². The minimum atomic E-state index is -0.628. The smallest absolute Gasteiger partial charge is 0.283 e. The monoisotopic (exact) mass is 690 g/mol. The molecular weight excluding hydrogens is 656 g/mol. The maximum absolute atomic E-state index is 5.84. The van der Waals surface area contributed by atoms with E-state index in [-0.39, 0.29) is 6.02 Å². The van der Waals surface area contributed by atoms with Gasteiger partial charge in [0.1, 0.15) is 18.1 Å². The van der Waals surface area contributed by atoms with E-state index < -0.39 is 5.54 Å². The van der Waals surface area contributed by atoms with Crippen molar-refractivity contribution in [2.24, 2.45) is 10.7 Å². The van der Waals surface area contributed by atoms with Crippen molar-refractivity contribution in [1.82, 2.24) is 0 Å². The van der Waals surface area contributed by atoms with Crippen molar-refractivity contribution in [2.75, 3.05) is 20.8 Å². The molecule has 5 nitrogen and oxygen atoms in total. The van der Waals surface area contributed by atoms with Gasteiger partial charge in [0.2, 0.25) is 0 Å². The highest BCUT2D eigenvalue weighted by atomic mass is 79.9. The van der Waals surface area contributed by atoms with Crippen molar-refractivity contribution >= 4 is 43.5 Å². The summed E-state index contributed by atoms with van der Waals surface area (Å²) in [4.78, 5) is 4.64. The highest BCUT2D eigenvalue weighted by molar-refractivity contribution is 9.10. The van der Waals surface area contributed by atoms with Gasteiger partial charge in [-0.1, -0.05) is 74.8 Å². The van der Waals surface area contributed by atoms with Gasteiger partial charge in [-0.15, -0.1) is 0 Å². The summed E-state index contributed by atoms with van der Waals surface area (Å²) in [6.45, 7) is 12.8. The third-order valence-corrected chi connectivity index (χ3v) is 9.22. The van der Waals surface area contributed by atoms with Crippen molar-refractivity contribution in [3.05, 3.63) is 133 Å². The molecule has 4 aromatic carbocycles. The summed E-state index contributed by atoms with van der Waals surface area (Å²) in [7, 11) is 3.36. The second-order valence-corrected chi connectivity index (χ2v) is 12.1. The fourth-order valence-corrected chi connectivity index (χ4v) is 5.65. The lowest BCUT2D eigenvalue weighted by atomic mass is 9.83. The van der Waals surface area contributed by atoms with Gasteiger partial charge in [0.25, 0.3) is 6.02 Å². The molecule has 0 bridgehead atoms. The highest BCUT2D eigenvalue weighted by Crippen LogP contribution is 2.40. The van der Waals surface area contributed by atoms with Crippen LogP contribution in [0.25, 0.3) is 5.57 Å². The maximum Gasteiger partial charge on any atom is 0.283 e. The number of nitrogens with zero attached hydrogens (tertiary/aromatic N) is 1. The van der Waals surface area contributed by atoms with E-state index in [0.717, 1.165) is 59.4 Å². The van der Waals surface area contributed by atoms with Crippen LogP contribution in [0.3, 0.4) is 0 Å². The fraction of sp³-hybridized carbons (Fsp3) is 0.229. The molecule has 218 valence electrons. The zero-order valence-electron chi connectivity index (χ0n) is 24.8. The molecule has 2 N–H and O–H groups in total. The molecule has 1 unspecified atom stereocenters. The van der Waals surface area contributed by atoms with Crippen LogP contribution >= 0.6 is 31.9 Å². The first-order chi connectivity index (χ1) is 20.0. The summed E-state index contributed by atoms with van der Waals surface area (Å²) in [6, 6.07) is 24.9. The number of hydrogen-bond acceptors (Lipinski definition) is 5. The van der Waals surface area contributed by atoms with Crippen LogP contribution in [0, 0.1) is 27.7 Å². The first kappa shape index (κ1) is 31.4. The molecule has 7 heteroatoms. The zero-order valence-corrected chi connectivity index (χ0v) is 28.0. The largest absolute Gasteiger partial charge is 0.496 e. The number of hydrogen-bond donors (Lipinski definition) is 1. The average Bonchev–Trinajstić information content (AvgIpc) is 3.38. The second kappa shape index (κ2) is 13.2. The first-order valence-electron chi connectivity index (χ1n) is 13.5. The van der Waals surface area contributed by atoms with E-state index in [2.05, 4.69) is 106 Å². The minimum Gasteiger partial charge on any atom is -0.496 e. The molecule has 4 aromatic rings. The Hall–Kier alpha value is -3.55. The van der Waals surface area contributed by atoms with Gasteiger partial charge >= 0.3 is 0 Å². The van der Waals surface area contributed by atoms with Crippen LogP contribution in [0.15, 0.2) is 93.3 Å². The molecule has 0 saturated carbocycles. The number of methoxy groups -OCH3 is 2. The summed E-state index contributed by atoms with van der Waals surface area (Å²) in [5.41, 5.74) is 15.1. The van der Waals surface area contributed by atoms with Crippen molar-refractivity contribution in [2.45, 2.75) is 33.2 Å². The number of ether oxygens (including phenoxy) is 3. The molecule has 0 aromatic heterocycles. The number of aryl methyl sites for hydroxylation is 4. The summed E-state index contributed by atoms with van der Waals surface area (Å²) in [6.07, 6.45) is 0. The summed E-state index contributed by atoms with van der Waals surface area (Å²) >= 11 is 7.16. The fourth-order valence-electron chi connectivity index (χ4n) is 4.89. The van der Waals surface area contributed by atoms with E-state index in [1.165, 1.54) is 11.1 Å². The van der Waals surface area contributed by atoms with E-state index in [4.69, 9.17) is 19.9 Å². The molecule has 0 radical (unpaired) electrons. The molecule has 5 rings (SSSR count). The highest BCUT2D eigenvalue weighted by Gasteiger charge is 2.40. The molecule has 0 spiro atoms. The quantitative estimate of drug-likeness (QED) is 0.220.